The molecule has 0 saturated carbocycles. The number of ketones is 1. The normalized spacial score (nSPS) is 9.75. The molecule has 0 aliphatic carbocycles. The standard InChI is InChI=1S/C12H14O4/c1-7-5-8(2)11(15-3)9(6-7)10(13)12(14)16-4/h5-6H,1-4H3. The smallest absolute Gasteiger partial charge is 0.379 e. The van der Waals surface area contributed by atoms with Crippen molar-refractivity contribution in [1.82, 2.24) is 0 Å². The SMILES string of the molecule is COC(=O)C(=O)c1cc(C)cc(C)c1OC. The lowest BCUT2D eigenvalue weighted by molar-refractivity contribution is -0.135. The first kappa shape index (κ1) is 12.2. The van der Waals surface area contributed by atoms with E-state index in [4.69, 9.17) is 4.74 Å². The van der Waals surface area contributed by atoms with Gasteiger partial charge >= 0.3 is 5.97 Å². The first-order valence-corrected chi connectivity index (χ1v) is 4.79. The number of aryl methyl sites for hydroxylation is 2. The molecule has 0 unspecified atom stereocenters. The zero-order valence-electron chi connectivity index (χ0n) is 9.79. The highest BCUT2D eigenvalue weighted by molar-refractivity contribution is 6.41. The minimum Gasteiger partial charge on any atom is -0.496 e. The summed E-state index contributed by atoms with van der Waals surface area (Å²) >= 11 is 0. The maximum Gasteiger partial charge on any atom is 0.379 e. The summed E-state index contributed by atoms with van der Waals surface area (Å²) in [5, 5.41) is 0. The summed E-state index contributed by atoms with van der Waals surface area (Å²) in [6.45, 7) is 3.67. The number of esters is 1. The first-order valence-electron chi connectivity index (χ1n) is 4.79. The Kier molecular flexibility index (Phi) is 3.66. The van der Waals surface area contributed by atoms with Crippen LogP contribution in [0.3, 0.4) is 0 Å². The van der Waals surface area contributed by atoms with E-state index in [-0.39, 0.29) is 5.56 Å². The van der Waals surface area contributed by atoms with Gasteiger partial charge < -0.3 is 9.47 Å². The molecule has 1 aromatic carbocycles. The van der Waals surface area contributed by atoms with Crippen LogP contribution in [0.15, 0.2) is 12.1 Å². The Morgan fingerprint density at radius 2 is 1.75 bits per heavy atom. The van der Waals surface area contributed by atoms with Gasteiger partial charge in [0.2, 0.25) is 0 Å². The lowest BCUT2D eigenvalue weighted by Crippen LogP contribution is -2.17. The number of rotatable bonds is 3. The summed E-state index contributed by atoms with van der Waals surface area (Å²) in [6, 6.07) is 3.50. The largest absolute Gasteiger partial charge is 0.496 e. The first-order chi connectivity index (χ1) is 7.51. The highest BCUT2D eigenvalue weighted by Gasteiger charge is 2.22. The zero-order valence-corrected chi connectivity index (χ0v) is 9.79. The number of carbonyl (C=O) groups excluding carboxylic acids is 2. The zero-order chi connectivity index (χ0) is 12.3. The van der Waals surface area contributed by atoms with E-state index >= 15 is 0 Å². The summed E-state index contributed by atoms with van der Waals surface area (Å²) in [5.74, 6) is -1.16. The third kappa shape index (κ3) is 2.21. The van der Waals surface area contributed by atoms with E-state index in [1.165, 1.54) is 14.2 Å². The van der Waals surface area contributed by atoms with E-state index < -0.39 is 11.8 Å². The molecule has 4 nitrogen and oxygen atoms in total. The molecule has 86 valence electrons. The van der Waals surface area contributed by atoms with Crippen molar-refractivity contribution in [2.24, 2.45) is 0 Å². The van der Waals surface area contributed by atoms with Crippen LogP contribution in [0.1, 0.15) is 21.5 Å². The van der Waals surface area contributed by atoms with Crippen LogP contribution in [0.4, 0.5) is 0 Å². The van der Waals surface area contributed by atoms with Gasteiger partial charge in [0.15, 0.2) is 0 Å². The predicted octanol–water partition coefficient (Wildman–Crippen LogP) is 1.67. The van der Waals surface area contributed by atoms with Gasteiger partial charge in [-0.2, -0.15) is 0 Å². The van der Waals surface area contributed by atoms with Crippen molar-refractivity contribution in [3.63, 3.8) is 0 Å². The second-order valence-corrected chi connectivity index (χ2v) is 3.48. The fourth-order valence-corrected chi connectivity index (χ4v) is 1.60. The van der Waals surface area contributed by atoms with Gasteiger partial charge in [0.1, 0.15) is 5.75 Å². The molecule has 0 heterocycles. The molecular formula is C12H14O4. The van der Waals surface area contributed by atoms with Crippen LogP contribution in [0.5, 0.6) is 5.75 Å². The van der Waals surface area contributed by atoms with Crippen LogP contribution in [0, 0.1) is 13.8 Å². The van der Waals surface area contributed by atoms with E-state index in [0.717, 1.165) is 11.1 Å². The van der Waals surface area contributed by atoms with Gasteiger partial charge in [-0.05, 0) is 31.0 Å². The van der Waals surface area contributed by atoms with E-state index in [2.05, 4.69) is 4.74 Å². The molecule has 0 bridgehead atoms. The van der Waals surface area contributed by atoms with Crippen molar-refractivity contribution >= 4 is 11.8 Å². The molecule has 0 N–H and O–H groups in total. The minimum absolute atomic E-state index is 0.242. The van der Waals surface area contributed by atoms with Crippen LogP contribution in [-0.4, -0.2) is 26.0 Å². The van der Waals surface area contributed by atoms with E-state index in [9.17, 15) is 9.59 Å². The maximum absolute atomic E-state index is 11.7. The third-order valence-corrected chi connectivity index (χ3v) is 2.24. The molecule has 0 aromatic heterocycles. The number of hydrogen-bond donors (Lipinski definition) is 0. The van der Waals surface area contributed by atoms with Crippen molar-refractivity contribution in [1.29, 1.82) is 0 Å². The van der Waals surface area contributed by atoms with Gasteiger partial charge in [-0.3, -0.25) is 4.79 Å². The van der Waals surface area contributed by atoms with Crippen molar-refractivity contribution in [2.75, 3.05) is 14.2 Å². The van der Waals surface area contributed by atoms with Gasteiger partial charge in [0, 0.05) is 0 Å². The Hall–Kier alpha value is -1.84. The van der Waals surface area contributed by atoms with Gasteiger partial charge in [-0.25, -0.2) is 4.79 Å². The Morgan fingerprint density at radius 1 is 1.12 bits per heavy atom. The monoisotopic (exact) mass is 222 g/mol. The van der Waals surface area contributed by atoms with Crippen LogP contribution in [0.25, 0.3) is 0 Å². The van der Waals surface area contributed by atoms with Gasteiger partial charge in [-0.15, -0.1) is 0 Å². The Labute approximate surface area is 94.2 Å². The van der Waals surface area contributed by atoms with Crippen molar-refractivity contribution in [3.05, 3.63) is 28.8 Å². The molecule has 0 radical (unpaired) electrons. The van der Waals surface area contributed by atoms with Gasteiger partial charge in [-0.1, -0.05) is 6.07 Å². The van der Waals surface area contributed by atoms with Crippen LogP contribution in [-0.2, 0) is 9.53 Å². The number of hydrogen-bond acceptors (Lipinski definition) is 4. The van der Waals surface area contributed by atoms with Crippen LogP contribution >= 0.6 is 0 Å². The fourth-order valence-electron chi connectivity index (χ4n) is 1.60. The van der Waals surface area contributed by atoms with Crippen LogP contribution in [0.2, 0.25) is 0 Å². The highest BCUT2D eigenvalue weighted by atomic mass is 16.5. The van der Waals surface area contributed by atoms with Crippen LogP contribution < -0.4 is 4.74 Å². The molecule has 0 spiro atoms. The van der Waals surface area contributed by atoms with Gasteiger partial charge in [0.05, 0.1) is 19.8 Å². The quantitative estimate of drug-likeness (QED) is 0.443. The molecule has 0 aliphatic heterocycles. The van der Waals surface area contributed by atoms with E-state index in [1.54, 1.807) is 6.07 Å². The number of carbonyl (C=O) groups is 2. The topological polar surface area (TPSA) is 52.6 Å². The maximum atomic E-state index is 11.7. The summed E-state index contributed by atoms with van der Waals surface area (Å²) < 4.78 is 9.52. The minimum atomic E-state index is -0.886. The second-order valence-electron chi connectivity index (χ2n) is 3.48. The number of methoxy groups -OCH3 is 2. The Bertz CT molecular complexity index is 435. The molecule has 0 fully saturated rings. The Balaban J connectivity index is 3.31. The molecular weight excluding hydrogens is 208 g/mol. The predicted molar refractivity (Wildman–Crippen MR) is 58.8 cm³/mol. The number of Topliss-reactive ketones (excluding diaryl/α,β-unsaturated/α-hetero) is 1. The Morgan fingerprint density at radius 3 is 2.25 bits per heavy atom. The molecule has 0 aliphatic rings. The summed E-state index contributed by atoms with van der Waals surface area (Å²) in [7, 11) is 2.64. The third-order valence-electron chi connectivity index (χ3n) is 2.24. The molecule has 16 heavy (non-hydrogen) atoms. The molecule has 4 heteroatoms. The lowest BCUT2D eigenvalue weighted by Gasteiger charge is -2.10. The molecule has 1 aromatic rings. The molecule has 1 rings (SSSR count). The van der Waals surface area contributed by atoms with Crippen molar-refractivity contribution < 1.29 is 19.1 Å². The van der Waals surface area contributed by atoms with Crippen molar-refractivity contribution in [2.45, 2.75) is 13.8 Å². The van der Waals surface area contributed by atoms with Gasteiger partial charge in [0.25, 0.3) is 5.78 Å². The molecule has 0 atom stereocenters. The van der Waals surface area contributed by atoms with E-state index in [0.29, 0.717) is 5.75 Å². The average Bonchev–Trinajstić information content (AvgIpc) is 2.26. The summed E-state index contributed by atoms with van der Waals surface area (Å²) in [4.78, 5) is 22.9. The number of ether oxygens (including phenoxy) is 2. The van der Waals surface area contributed by atoms with Crippen molar-refractivity contribution in [3.8, 4) is 5.75 Å². The molecule has 0 saturated heterocycles. The van der Waals surface area contributed by atoms with E-state index in [1.807, 2.05) is 19.9 Å². The highest BCUT2D eigenvalue weighted by Crippen LogP contribution is 2.25. The molecule has 0 amide bonds. The summed E-state index contributed by atoms with van der Waals surface area (Å²) in [5.41, 5.74) is 1.95. The average molecular weight is 222 g/mol. The number of benzene rings is 1. The second kappa shape index (κ2) is 4.79. The lowest BCUT2D eigenvalue weighted by atomic mass is 10.0. The fraction of sp³-hybridized carbons (Fsp3) is 0.333. The summed E-state index contributed by atoms with van der Waals surface area (Å²) in [6.07, 6.45) is 0.